The first-order chi connectivity index (χ1) is 14.0. The Bertz CT molecular complexity index is 851. The zero-order valence-electron chi connectivity index (χ0n) is 16.8. The number of nitrogens with one attached hydrogen (secondary N) is 1. The first kappa shape index (κ1) is 21.0. The van der Waals surface area contributed by atoms with Crippen molar-refractivity contribution < 1.29 is 19.1 Å². The molecule has 3 atom stereocenters. The van der Waals surface area contributed by atoms with E-state index in [0.717, 1.165) is 16.7 Å². The lowest BCUT2D eigenvalue weighted by molar-refractivity contribution is -0.150. The van der Waals surface area contributed by atoms with Crippen molar-refractivity contribution in [1.82, 2.24) is 10.2 Å². The van der Waals surface area contributed by atoms with Crippen molar-refractivity contribution in [2.75, 3.05) is 13.2 Å². The van der Waals surface area contributed by atoms with Crippen molar-refractivity contribution in [2.45, 2.75) is 44.7 Å². The van der Waals surface area contributed by atoms with Crippen molar-refractivity contribution in [3.63, 3.8) is 0 Å². The largest absolute Gasteiger partial charge is 0.394 e. The number of carbonyl (C=O) groups excluding carboxylic acids is 2. The Balaban J connectivity index is 1.84. The summed E-state index contributed by atoms with van der Waals surface area (Å²) in [6, 6.07) is 13.7. The Hall–Kier alpha value is -2.73. The fourth-order valence-electron chi connectivity index (χ4n) is 4.05. The van der Waals surface area contributed by atoms with Crippen molar-refractivity contribution >= 4 is 11.8 Å². The normalized spacial score (nSPS) is 20.8. The van der Waals surface area contributed by atoms with E-state index in [2.05, 4.69) is 5.32 Å². The molecule has 2 aromatic carbocycles. The van der Waals surface area contributed by atoms with Crippen molar-refractivity contribution in [2.24, 2.45) is 0 Å². The monoisotopic (exact) mass is 398 g/mol. The van der Waals surface area contributed by atoms with E-state index in [0.29, 0.717) is 19.4 Å². The van der Waals surface area contributed by atoms with Gasteiger partial charge in [0.25, 0.3) is 0 Å². The molecule has 0 spiro atoms. The van der Waals surface area contributed by atoms with Crippen molar-refractivity contribution in [3.8, 4) is 11.1 Å². The van der Waals surface area contributed by atoms with E-state index in [1.165, 1.54) is 12.1 Å². The SMILES string of the molecule is CCC(=O)NC[C@H]1[C@@H](c2ccc(-c3ccc(F)cc3)cc2)[C@@H](CO)N1C(=O)CC. The van der Waals surface area contributed by atoms with E-state index in [1.807, 2.05) is 24.3 Å². The van der Waals surface area contributed by atoms with Crippen LogP contribution in [-0.2, 0) is 9.59 Å². The molecule has 0 unspecified atom stereocenters. The summed E-state index contributed by atoms with van der Waals surface area (Å²) in [6.45, 7) is 3.81. The number of carbonyl (C=O) groups is 2. The van der Waals surface area contributed by atoms with Gasteiger partial charge in [-0.2, -0.15) is 0 Å². The zero-order chi connectivity index (χ0) is 21.0. The molecule has 154 valence electrons. The average Bonchev–Trinajstić information content (AvgIpc) is 2.73. The maximum absolute atomic E-state index is 13.2. The molecule has 0 aliphatic carbocycles. The molecule has 29 heavy (non-hydrogen) atoms. The van der Waals surface area contributed by atoms with Crippen LogP contribution in [0.3, 0.4) is 0 Å². The van der Waals surface area contributed by atoms with E-state index >= 15 is 0 Å². The fraction of sp³-hybridized carbons (Fsp3) is 0.391. The predicted molar refractivity (Wildman–Crippen MR) is 110 cm³/mol. The van der Waals surface area contributed by atoms with Gasteiger partial charge in [0.1, 0.15) is 5.82 Å². The van der Waals surface area contributed by atoms with E-state index in [9.17, 15) is 19.1 Å². The Morgan fingerprint density at radius 3 is 2.07 bits per heavy atom. The average molecular weight is 398 g/mol. The van der Waals surface area contributed by atoms with Crippen LogP contribution in [0.2, 0.25) is 0 Å². The van der Waals surface area contributed by atoms with Crippen LogP contribution in [0.4, 0.5) is 4.39 Å². The zero-order valence-corrected chi connectivity index (χ0v) is 16.8. The minimum absolute atomic E-state index is 0.0287. The molecular formula is C23H27FN2O3. The van der Waals surface area contributed by atoms with Crippen LogP contribution in [0.15, 0.2) is 48.5 Å². The van der Waals surface area contributed by atoms with Gasteiger partial charge in [0.15, 0.2) is 0 Å². The number of aliphatic hydroxyl groups excluding tert-OH is 1. The van der Waals surface area contributed by atoms with Crippen LogP contribution in [0.5, 0.6) is 0 Å². The van der Waals surface area contributed by atoms with Crippen LogP contribution in [0.25, 0.3) is 11.1 Å². The minimum atomic E-state index is -0.303. The van der Waals surface area contributed by atoms with Gasteiger partial charge in [0.2, 0.25) is 11.8 Å². The molecule has 0 aromatic heterocycles. The smallest absolute Gasteiger partial charge is 0.222 e. The number of hydrogen-bond donors (Lipinski definition) is 2. The third-order valence-corrected chi connectivity index (χ3v) is 5.62. The first-order valence-electron chi connectivity index (χ1n) is 10.0. The number of nitrogens with zero attached hydrogens (tertiary/aromatic N) is 1. The molecular weight excluding hydrogens is 371 g/mol. The number of halogens is 1. The van der Waals surface area contributed by atoms with Gasteiger partial charge in [-0.15, -0.1) is 0 Å². The highest BCUT2D eigenvalue weighted by Gasteiger charge is 2.50. The highest BCUT2D eigenvalue weighted by atomic mass is 19.1. The molecule has 1 aliphatic rings. The van der Waals surface area contributed by atoms with Crippen molar-refractivity contribution in [3.05, 3.63) is 59.9 Å². The van der Waals surface area contributed by atoms with Crippen LogP contribution in [0.1, 0.15) is 38.2 Å². The third-order valence-electron chi connectivity index (χ3n) is 5.62. The molecule has 1 heterocycles. The maximum atomic E-state index is 13.2. The molecule has 6 heteroatoms. The quantitative estimate of drug-likeness (QED) is 0.753. The molecule has 5 nitrogen and oxygen atoms in total. The summed E-state index contributed by atoms with van der Waals surface area (Å²) in [5, 5.41) is 12.8. The van der Waals surface area contributed by atoms with Gasteiger partial charge >= 0.3 is 0 Å². The number of aliphatic hydroxyl groups is 1. The lowest BCUT2D eigenvalue weighted by Crippen LogP contribution is -2.68. The molecule has 0 saturated carbocycles. The summed E-state index contributed by atoms with van der Waals surface area (Å²) in [7, 11) is 0. The highest BCUT2D eigenvalue weighted by molar-refractivity contribution is 5.79. The van der Waals surface area contributed by atoms with Crippen molar-refractivity contribution in [1.29, 1.82) is 0 Å². The molecule has 1 saturated heterocycles. The van der Waals surface area contributed by atoms with Crippen LogP contribution in [0, 0.1) is 5.82 Å². The maximum Gasteiger partial charge on any atom is 0.222 e. The minimum Gasteiger partial charge on any atom is -0.394 e. The van der Waals surface area contributed by atoms with Gasteiger partial charge in [0, 0.05) is 25.3 Å². The Labute approximate surface area is 170 Å². The molecule has 2 amide bonds. The van der Waals surface area contributed by atoms with Gasteiger partial charge in [0.05, 0.1) is 18.7 Å². The van der Waals surface area contributed by atoms with E-state index in [1.54, 1.807) is 30.9 Å². The second-order valence-corrected chi connectivity index (χ2v) is 7.28. The van der Waals surface area contributed by atoms with Gasteiger partial charge in [-0.05, 0) is 28.8 Å². The topological polar surface area (TPSA) is 69.6 Å². The number of likely N-dealkylation sites (tertiary alicyclic amines) is 1. The lowest BCUT2D eigenvalue weighted by Gasteiger charge is -2.55. The molecule has 1 aliphatic heterocycles. The molecule has 3 rings (SSSR count). The Morgan fingerprint density at radius 1 is 0.966 bits per heavy atom. The Kier molecular flexibility index (Phi) is 6.64. The van der Waals surface area contributed by atoms with Crippen LogP contribution in [-0.4, -0.2) is 47.1 Å². The second kappa shape index (κ2) is 9.18. The second-order valence-electron chi connectivity index (χ2n) is 7.28. The van der Waals surface area contributed by atoms with Gasteiger partial charge in [-0.25, -0.2) is 4.39 Å². The van der Waals surface area contributed by atoms with E-state index in [-0.39, 0.29) is 42.2 Å². The van der Waals surface area contributed by atoms with Gasteiger partial charge in [-0.1, -0.05) is 50.2 Å². The van der Waals surface area contributed by atoms with Crippen LogP contribution < -0.4 is 5.32 Å². The molecule has 0 radical (unpaired) electrons. The number of benzene rings is 2. The predicted octanol–water partition coefficient (Wildman–Crippen LogP) is 3.08. The summed E-state index contributed by atoms with van der Waals surface area (Å²) >= 11 is 0. The fourth-order valence-corrected chi connectivity index (χ4v) is 4.05. The molecule has 1 fully saturated rings. The molecule has 2 aromatic rings. The molecule has 2 N–H and O–H groups in total. The van der Waals surface area contributed by atoms with E-state index in [4.69, 9.17) is 0 Å². The summed E-state index contributed by atoms with van der Waals surface area (Å²) in [5.41, 5.74) is 2.89. The summed E-state index contributed by atoms with van der Waals surface area (Å²) in [4.78, 5) is 25.8. The first-order valence-corrected chi connectivity index (χ1v) is 10.0. The highest BCUT2D eigenvalue weighted by Crippen LogP contribution is 2.41. The number of hydrogen-bond acceptors (Lipinski definition) is 3. The van der Waals surface area contributed by atoms with Gasteiger partial charge in [-0.3, -0.25) is 9.59 Å². The number of amides is 2. The standard InChI is InChI=1S/C23H27FN2O3/c1-3-21(28)25-13-19-23(20(14-27)26(19)22(29)4-2)17-7-5-15(6-8-17)16-9-11-18(24)12-10-16/h5-12,19-20,23,27H,3-4,13-14H2,1-2H3,(H,25,28)/t19-,20+,23+/m0/s1. The number of rotatable bonds is 7. The van der Waals surface area contributed by atoms with Gasteiger partial charge < -0.3 is 15.3 Å². The summed E-state index contributed by atoms with van der Waals surface area (Å²) in [6.07, 6.45) is 0.736. The summed E-state index contributed by atoms with van der Waals surface area (Å²) in [5.74, 6) is -0.427. The Morgan fingerprint density at radius 2 is 1.55 bits per heavy atom. The van der Waals surface area contributed by atoms with E-state index < -0.39 is 0 Å². The third kappa shape index (κ3) is 4.32. The lowest BCUT2D eigenvalue weighted by atomic mass is 9.74. The molecule has 0 bridgehead atoms. The van der Waals surface area contributed by atoms with Crippen LogP contribution >= 0.6 is 0 Å². The summed E-state index contributed by atoms with van der Waals surface area (Å²) < 4.78 is 13.2.